The fourth-order valence-corrected chi connectivity index (χ4v) is 4.36. The largest absolute Gasteiger partial charge is 0.392 e. The molecule has 0 amide bonds. The Labute approximate surface area is 222 Å². The number of nitrogens with one attached hydrogen (secondary N) is 1. The predicted molar refractivity (Wildman–Crippen MR) is 146 cm³/mol. The van der Waals surface area contributed by atoms with Crippen molar-refractivity contribution in [2.45, 2.75) is 32.8 Å². The van der Waals surface area contributed by atoms with Crippen LogP contribution in [0.3, 0.4) is 0 Å². The molecule has 0 aliphatic rings. The average Bonchev–Trinajstić information content (AvgIpc) is 2.90. The molecule has 4 heterocycles. The molecule has 0 saturated carbocycles. The minimum absolute atomic E-state index is 0.0559. The van der Waals surface area contributed by atoms with Gasteiger partial charge in [0, 0.05) is 42.2 Å². The van der Waals surface area contributed by atoms with E-state index >= 15 is 4.39 Å². The zero-order chi connectivity index (χ0) is 27.9. The topological polar surface area (TPSA) is 128 Å². The van der Waals surface area contributed by atoms with Crippen LogP contribution in [0.4, 0.5) is 15.9 Å². The van der Waals surface area contributed by atoms with E-state index in [9.17, 15) is 14.7 Å². The smallest absolute Gasteiger partial charge is 0.283 e. The van der Waals surface area contributed by atoms with Crippen molar-refractivity contribution < 1.29 is 9.50 Å². The number of pyridine rings is 2. The maximum absolute atomic E-state index is 15.2. The summed E-state index contributed by atoms with van der Waals surface area (Å²) < 4.78 is 17.6. The molecule has 0 unspecified atom stereocenters. The molecule has 198 valence electrons. The van der Waals surface area contributed by atoms with E-state index in [2.05, 4.69) is 25.4 Å². The molecule has 0 spiro atoms. The molecule has 0 aliphatic carbocycles. The Balaban J connectivity index is 1.66. The van der Waals surface area contributed by atoms with Gasteiger partial charge in [-0.2, -0.15) is 9.78 Å². The summed E-state index contributed by atoms with van der Waals surface area (Å²) >= 11 is 0. The van der Waals surface area contributed by atoms with Crippen LogP contribution >= 0.6 is 0 Å². The highest BCUT2D eigenvalue weighted by Crippen LogP contribution is 2.30. The Bertz CT molecular complexity index is 1830. The molecule has 5 rings (SSSR count). The summed E-state index contributed by atoms with van der Waals surface area (Å²) in [6.07, 6.45) is 7.39. The van der Waals surface area contributed by atoms with E-state index in [1.54, 1.807) is 43.7 Å². The third-order valence-electron chi connectivity index (χ3n) is 6.44. The Kier molecular flexibility index (Phi) is 6.52. The van der Waals surface area contributed by atoms with Crippen LogP contribution in [0.1, 0.15) is 31.9 Å². The Hall–Kier alpha value is -4.77. The maximum atomic E-state index is 15.2. The van der Waals surface area contributed by atoms with Crippen LogP contribution in [0.25, 0.3) is 27.7 Å². The molecular weight excluding hydrogens is 501 g/mol. The van der Waals surface area contributed by atoms with Crippen LogP contribution in [0.15, 0.2) is 71.0 Å². The van der Waals surface area contributed by atoms with Gasteiger partial charge in [0.15, 0.2) is 5.82 Å². The quantitative estimate of drug-likeness (QED) is 0.355. The second-order valence-electron chi connectivity index (χ2n) is 10.1. The van der Waals surface area contributed by atoms with Gasteiger partial charge in [0.2, 0.25) is 0 Å². The highest BCUT2D eigenvalue weighted by atomic mass is 19.1. The van der Waals surface area contributed by atoms with Gasteiger partial charge in [-0.3, -0.25) is 9.59 Å². The van der Waals surface area contributed by atoms with E-state index in [-0.39, 0.29) is 33.4 Å². The number of aromatic nitrogens is 6. The Morgan fingerprint density at radius 1 is 1.05 bits per heavy atom. The number of aliphatic hydroxyl groups excluding tert-OH is 1. The minimum Gasteiger partial charge on any atom is -0.392 e. The van der Waals surface area contributed by atoms with Gasteiger partial charge in [-0.05, 0) is 46.9 Å². The van der Waals surface area contributed by atoms with Crippen molar-refractivity contribution in [3.8, 4) is 16.9 Å². The number of hydrogen-bond acceptors (Lipinski definition) is 8. The van der Waals surface area contributed by atoms with Crippen LogP contribution in [-0.2, 0) is 19.1 Å². The van der Waals surface area contributed by atoms with Crippen LogP contribution < -0.4 is 16.4 Å². The van der Waals surface area contributed by atoms with Gasteiger partial charge >= 0.3 is 0 Å². The number of benzene rings is 1. The first kappa shape index (κ1) is 25.9. The number of hydrogen-bond donors (Lipinski definition) is 2. The molecular formula is C28H26FN7O3. The lowest BCUT2D eigenvalue weighted by Gasteiger charge is -2.20. The molecule has 0 bridgehead atoms. The highest BCUT2D eigenvalue weighted by Gasteiger charge is 2.21. The standard InChI is InChI=1S/C28H26FN7O3/c1-28(2,3)18-9-16-12-33-36(27(39)24(16)21(29)11-18)25-20(14-37)19(5-8-31-25)17-10-22(26(38)35(4)13-17)34-23-6-7-30-15-32-23/h5-13,15,37H,14H2,1-4H3,(H,30,32,34). The van der Waals surface area contributed by atoms with Crippen LogP contribution in [0.5, 0.6) is 0 Å². The number of anilines is 2. The summed E-state index contributed by atoms with van der Waals surface area (Å²) in [7, 11) is 1.60. The van der Waals surface area contributed by atoms with Crippen molar-refractivity contribution in [2.75, 3.05) is 5.32 Å². The van der Waals surface area contributed by atoms with E-state index < -0.39 is 18.0 Å². The van der Waals surface area contributed by atoms with E-state index in [1.807, 2.05) is 20.8 Å². The predicted octanol–water partition coefficient (Wildman–Crippen LogP) is 3.61. The summed E-state index contributed by atoms with van der Waals surface area (Å²) in [4.78, 5) is 38.5. The number of nitrogens with zero attached hydrogens (tertiary/aromatic N) is 6. The molecule has 5 aromatic rings. The second-order valence-corrected chi connectivity index (χ2v) is 10.1. The first-order chi connectivity index (χ1) is 18.6. The molecule has 11 heteroatoms. The number of halogens is 1. The third kappa shape index (κ3) is 4.79. The molecule has 0 atom stereocenters. The molecule has 39 heavy (non-hydrogen) atoms. The van der Waals surface area contributed by atoms with Crippen molar-refractivity contribution in [1.82, 2.24) is 29.3 Å². The van der Waals surface area contributed by atoms with Gasteiger partial charge in [-0.1, -0.05) is 20.8 Å². The van der Waals surface area contributed by atoms with E-state index in [1.165, 1.54) is 29.4 Å². The summed E-state index contributed by atoms with van der Waals surface area (Å²) in [5.74, 6) is -0.167. The zero-order valence-corrected chi connectivity index (χ0v) is 21.8. The summed E-state index contributed by atoms with van der Waals surface area (Å²) in [5.41, 5.74) is 1.03. The average molecular weight is 528 g/mol. The van der Waals surface area contributed by atoms with Gasteiger partial charge < -0.3 is 15.0 Å². The molecule has 0 saturated heterocycles. The fraction of sp³-hybridized carbons (Fsp3) is 0.214. The molecule has 0 aliphatic heterocycles. The molecule has 0 radical (unpaired) electrons. The first-order valence-electron chi connectivity index (χ1n) is 12.1. The van der Waals surface area contributed by atoms with Gasteiger partial charge in [-0.15, -0.1) is 0 Å². The highest BCUT2D eigenvalue weighted by molar-refractivity contribution is 5.83. The van der Waals surface area contributed by atoms with Crippen molar-refractivity contribution in [2.24, 2.45) is 7.05 Å². The molecule has 2 N–H and O–H groups in total. The Morgan fingerprint density at radius 3 is 2.54 bits per heavy atom. The second kappa shape index (κ2) is 9.84. The summed E-state index contributed by atoms with van der Waals surface area (Å²) in [5, 5.41) is 17.9. The molecule has 0 fully saturated rings. The van der Waals surface area contributed by atoms with Crippen LogP contribution in [0, 0.1) is 5.82 Å². The fourth-order valence-electron chi connectivity index (χ4n) is 4.36. The van der Waals surface area contributed by atoms with Crippen molar-refractivity contribution in [1.29, 1.82) is 0 Å². The molecule has 10 nitrogen and oxygen atoms in total. The first-order valence-corrected chi connectivity index (χ1v) is 12.1. The van der Waals surface area contributed by atoms with Gasteiger partial charge in [0.05, 0.1) is 18.2 Å². The van der Waals surface area contributed by atoms with Crippen molar-refractivity contribution >= 4 is 22.3 Å². The molecule has 1 aromatic carbocycles. The SMILES string of the molecule is Cn1cc(-c2ccnc(-n3ncc4cc(C(C)(C)C)cc(F)c4c3=O)c2CO)cc(Nc2ccncn2)c1=O. The maximum Gasteiger partial charge on any atom is 0.283 e. The summed E-state index contributed by atoms with van der Waals surface area (Å²) in [6.45, 7) is 5.38. The molecule has 4 aromatic heterocycles. The van der Waals surface area contributed by atoms with Crippen LogP contribution in [-0.4, -0.2) is 34.4 Å². The van der Waals surface area contributed by atoms with E-state index in [4.69, 9.17) is 0 Å². The lowest BCUT2D eigenvalue weighted by molar-refractivity contribution is 0.281. The van der Waals surface area contributed by atoms with Gasteiger partial charge in [-0.25, -0.2) is 19.3 Å². The number of aliphatic hydroxyl groups is 1. The zero-order valence-electron chi connectivity index (χ0n) is 21.8. The lowest BCUT2D eigenvalue weighted by atomic mass is 9.86. The minimum atomic E-state index is -0.698. The van der Waals surface area contributed by atoms with Gasteiger partial charge in [0.25, 0.3) is 11.1 Å². The monoisotopic (exact) mass is 527 g/mol. The normalized spacial score (nSPS) is 11.6. The lowest BCUT2D eigenvalue weighted by Crippen LogP contribution is -2.25. The Morgan fingerprint density at radius 2 is 1.85 bits per heavy atom. The number of fused-ring (bicyclic) bond motifs is 1. The summed E-state index contributed by atoms with van der Waals surface area (Å²) in [6, 6.07) is 8.02. The number of aryl methyl sites for hydroxylation is 1. The van der Waals surface area contributed by atoms with Crippen LogP contribution in [0.2, 0.25) is 0 Å². The van der Waals surface area contributed by atoms with Gasteiger partial charge in [0.1, 0.15) is 23.6 Å². The van der Waals surface area contributed by atoms with E-state index in [0.717, 1.165) is 10.2 Å². The van der Waals surface area contributed by atoms with Crippen molar-refractivity contribution in [3.05, 3.63) is 99.1 Å². The third-order valence-corrected chi connectivity index (χ3v) is 6.44. The number of rotatable bonds is 5. The van der Waals surface area contributed by atoms with E-state index in [0.29, 0.717) is 22.3 Å². The van der Waals surface area contributed by atoms with Crippen molar-refractivity contribution in [3.63, 3.8) is 0 Å².